The van der Waals surface area contributed by atoms with Crippen molar-refractivity contribution in [1.29, 1.82) is 0 Å². The van der Waals surface area contributed by atoms with E-state index in [0.29, 0.717) is 12.4 Å². The van der Waals surface area contributed by atoms with E-state index in [1.165, 1.54) is 6.42 Å². The van der Waals surface area contributed by atoms with Gasteiger partial charge >= 0.3 is 0 Å². The molecule has 0 bridgehead atoms. The minimum Gasteiger partial charge on any atom is -0.369 e. The van der Waals surface area contributed by atoms with Crippen LogP contribution in [0.1, 0.15) is 30.9 Å². The highest BCUT2D eigenvalue weighted by molar-refractivity contribution is 4.87. The molecule has 1 aliphatic carbocycles. The lowest BCUT2D eigenvalue weighted by Crippen LogP contribution is -2.31. The van der Waals surface area contributed by atoms with Gasteiger partial charge in [0.25, 0.3) is 0 Å². The first-order valence-electron chi connectivity index (χ1n) is 5.01. The van der Waals surface area contributed by atoms with Gasteiger partial charge in [-0.1, -0.05) is 0 Å². The first-order chi connectivity index (χ1) is 6.75. The standard InChI is InChI=1S/C9H16N4O/c1-6-11-9(13-12-6)5-14-8-4-2-3-7(8)10/h7-8H,2-5,10H2,1H3,(H,11,12,13). The maximum absolute atomic E-state index is 5.87. The summed E-state index contributed by atoms with van der Waals surface area (Å²) < 4.78 is 5.64. The molecule has 1 aromatic rings. The number of H-pyrrole nitrogens is 1. The SMILES string of the molecule is Cc1nc(COC2CCCC2N)n[nH]1. The van der Waals surface area contributed by atoms with Gasteiger partial charge in [0, 0.05) is 6.04 Å². The Morgan fingerprint density at radius 3 is 3.00 bits per heavy atom. The third kappa shape index (κ3) is 2.10. The normalized spacial score (nSPS) is 27.0. The molecule has 1 saturated carbocycles. The lowest BCUT2D eigenvalue weighted by atomic mass is 10.2. The average molecular weight is 196 g/mol. The van der Waals surface area contributed by atoms with Gasteiger partial charge in [-0.3, -0.25) is 5.10 Å². The van der Waals surface area contributed by atoms with Crippen LogP contribution in [0.4, 0.5) is 0 Å². The summed E-state index contributed by atoms with van der Waals surface area (Å²) in [5.74, 6) is 1.53. The lowest BCUT2D eigenvalue weighted by Gasteiger charge is -2.14. The number of rotatable bonds is 3. The molecule has 5 nitrogen and oxygen atoms in total. The number of hydrogen-bond acceptors (Lipinski definition) is 4. The Kier molecular flexibility index (Phi) is 2.79. The number of ether oxygens (including phenoxy) is 1. The molecule has 0 amide bonds. The van der Waals surface area contributed by atoms with Crippen LogP contribution >= 0.6 is 0 Å². The third-order valence-corrected chi connectivity index (χ3v) is 2.57. The Morgan fingerprint density at radius 2 is 2.43 bits per heavy atom. The maximum atomic E-state index is 5.87. The Labute approximate surface area is 83.1 Å². The summed E-state index contributed by atoms with van der Waals surface area (Å²) in [5, 5.41) is 6.78. The summed E-state index contributed by atoms with van der Waals surface area (Å²) in [6, 6.07) is 0.190. The molecule has 3 N–H and O–H groups in total. The predicted molar refractivity (Wildman–Crippen MR) is 51.5 cm³/mol. The molecule has 2 unspecified atom stereocenters. The van der Waals surface area contributed by atoms with Gasteiger partial charge in [-0.05, 0) is 26.2 Å². The number of nitrogens with two attached hydrogens (primary N) is 1. The molecule has 14 heavy (non-hydrogen) atoms. The molecule has 1 heterocycles. The summed E-state index contributed by atoms with van der Waals surface area (Å²) >= 11 is 0. The van der Waals surface area contributed by atoms with Gasteiger partial charge in [-0.15, -0.1) is 0 Å². The van der Waals surface area contributed by atoms with Crippen molar-refractivity contribution >= 4 is 0 Å². The quantitative estimate of drug-likeness (QED) is 0.738. The number of aromatic amines is 1. The number of hydrogen-bond donors (Lipinski definition) is 2. The van der Waals surface area contributed by atoms with Crippen LogP contribution in [0.15, 0.2) is 0 Å². The van der Waals surface area contributed by atoms with Crippen molar-refractivity contribution in [3.63, 3.8) is 0 Å². The highest BCUT2D eigenvalue weighted by Crippen LogP contribution is 2.20. The van der Waals surface area contributed by atoms with Crippen LogP contribution in [0.3, 0.4) is 0 Å². The Bertz CT molecular complexity index is 299. The van der Waals surface area contributed by atoms with Crippen molar-refractivity contribution in [1.82, 2.24) is 15.2 Å². The van der Waals surface area contributed by atoms with Gasteiger partial charge in [-0.2, -0.15) is 5.10 Å². The van der Waals surface area contributed by atoms with E-state index in [9.17, 15) is 0 Å². The van der Waals surface area contributed by atoms with Crippen LogP contribution < -0.4 is 5.73 Å². The summed E-state index contributed by atoms with van der Waals surface area (Å²) in [6.07, 6.45) is 3.48. The van der Waals surface area contributed by atoms with E-state index in [-0.39, 0.29) is 12.1 Å². The molecular formula is C9H16N4O. The second-order valence-electron chi connectivity index (χ2n) is 3.78. The third-order valence-electron chi connectivity index (χ3n) is 2.57. The van der Waals surface area contributed by atoms with Crippen LogP contribution in [0.5, 0.6) is 0 Å². The zero-order valence-electron chi connectivity index (χ0n) is 8.36. The molecule has 1 fully saturated rings. The highest BCUT2D eigenvalue weighted by atomic mass is 16.5. The molecule has 0 spiro atoms. The number of aromatic nitrogens is 3. The molecule has 0 aromatic carbocycles. The molecule has 5 heteroatoms. The molecule has 78 valence electrons. The Hall–Kier alpha value is -0.940. The second kappa shape index (κ2) is 4.06. The van der Waals surface area contributed by atoms with Crippen LogP contribution in [0, 0.1) is 6.92 Å². The minimum atomic E-state index is 0.189. The Morgan fingerprint density at radius 1 is 1.57 bits per heavy atom. The summed E-state index contributed by atoms with van der Waals surface area (Å²) in [6.45, 7) is 2.33. The van der Waals surface area contributed by atoms with E-state index in [2.05, 4.69) is 15.2 Å². The van der Waals surface area contributed by atoms with Crippen LogP contribution in [-0.2, 0) is 11.3 Å². The number of nitrogens with zero attached hydrogens (tertiary/aromatic N) is 2. The van der Waals surface area contributed by atoms with E-state index >= 15 is 0 Å². The summed E-state index contributed by atoms with van der Waals surface area (Å²) in [7, 11) is 0. The molecule has 2 rings (SSSR count). The van der Waals surface area contributed by atoms with Crippen molar-refractivity contribution in [2.75, 3.05) is 0 Å². The second-order valence-corrected chi connectivity index (χ2v) is 3.78. The Balaban J connectivity index is 1.82. The molecule has 0 aliphatic heterocycles. The monoisotopic (exact) mass is 196 g/mol. The van der Waals surface area contributed by atoms with E-state index < -0.39 is 0 Å². The molecule has 2 atom stereocenters. The van der Waals surface area contributed by atoms with E-state index in [4.69, 9.17) is 10.5 Å². The molecular weight excluding hydrogens is 180 g/mol. The van der Waals surface area contributed by atoms with E-state index in [0.717, 1.165) is 18.7 Å². The fraction of sp³-hybridized carbons (Fsp3) is 0.778. The van der Waals surface area contributed by atoms with Crippen molar-refractivity contribution in [3.8, 4) is 0 Å². The van der Waals surface area contributed by atoms with Crippen molar-refractivity contribution < 1.29 is 4.74 Å². The molecule has 0 saturated heterocycles. The lowest BCUT2D eigenvalue weighted by molar-refractivity contribution is 0.0321. The van der Waals surface area contributed by atoms with Crippen molar-refractivity contribution in [2.45, 2.75) is 44.9 Å². The van der Waals surface area contributed by atoms with Crippen molar-refractivity contribution in [3.05, 3.63) is 11.6 Å². The first kappa shape index (κ1) is 9.61. The average Bonchev–Trinajstić information content (AvgIpc) is 2.72. The fourth-order valence-corrected chi connectivity index (χ4v) is 1.80. The molecule has 1 aromatic heterocycles. The van der Waals surface area contributed by atoms with E-state index in [1.807, 2.05) is 6.92 Å². The summed E-state index contributed by atoms with van der Waals surface area (Å²) in [4.78, 5) is 4.16. The van der Waals surface area contributed by atoms with Crippen molar-refractivity contribution in [2.24, 2.45) is 5.73 Å². The zero-order chi connectivity index (χ0) is 9.97. The van der Waals surface area contributed by atoms with Crippen LogP contribution in [0.25, 0.3) is 0 Å². The van der Waals surface area contributed by atoms with E-state index in [1.54, 1.807) is 0 Å². The smallest absolute Gasteiger partial charge is 0.176 e. The maximum Gasteiger partial charge on any atom is 0.176 e. The number of aryl methyl sites for hydroxylation is 1. The van der Waals surface area contributed by atoms with Gasteiger partial charge in [0.1, 0.15) is 12.4 Å². The van der Waals surface area contributed by atoms with Gasteiger partial charge in [-0.25, -0.2) is 4.98 Å². The zero-order valence-corrected chi connectivity index (χ0v) is 8.36. The van der Waals surface area contributed by atoms with Gasteiger partial charge in [0.2, 0.25) is 0 Å². The molecule has 0 radical (unpaired) electrons. The first-order valence-corrected chi connectivity index (χ1v) is 5.01. The predicted octanol–water partition coefficient (Wildman–Crippen LogP) is 0.510. The van der Waals surface area contributed by atoms with Gasteiger partial charge in [0.15, 0.2) is 5.82 Å². The van der Waals surface area contributed by atoms with Gasteiger partial charge in [0.05, 0.1) is 6.10 Å². The molecule has 1 aliphatic rings. The van der Waals surface area contributed by atoms with Gasteiger partial charge < -0.3 is 10.5 Å². The largest absolute Gasteiger partial charge is 0.369 e. The summed E-state index contributed by atoms with van der Waals surface area (Å²) in [5.41, 5.74) is 5.87. The topological polar surface area (TPSA) is 76.8 Å². The van der Waals surface area contributed by atoms with Crippen LogP contribution in [0.2, 0.25) is 0 Å². The fourth-order valence-electron chi connectivity index (χ4n) is 1.80. The number of nitrogens with one attached hydrogen (secondary N) is 1. The minimum absolute atomic E-state index is 0.189. The van der Waals surface area contributed by atoms with Crippen LogP contribution in [-0.4, -0.2) is 27.3 Å². The highest BCUT2D eigenvalue weighted by Gasteiger charge is 2.24.